The number of nitrogens with zero attached hydrogens (tertiary/aromatic N) is 4. The Morgan fingerprint density at radius 2 is 2.08 bits per heavy atom. The second kappa shape index (κ2) is 8.57. The van der Waals surface area contributed by atoms with Crippen LogP contribution in [-0.2, 0) is 18.1 Å². The molecule has 0 amide bonds. The Labute approximate surface area is 211 Å². The number of nitrogens with one attached hydrogen (secondary N) is 2. The minimum Gasteiger partial charge on any atom is -0.477 e. The standard InChI is InChI=1S/C26H25N6O3Si/c1-4-9-32-21-11-20(15(2)10-17(21)13-28-32)29-24-27-14-18(23(33)34)22(30-24)31-26(36)19-8-6-5-7-16(19)12-25(26,3)35/h4-8,10-11,13-14,35H,1,9,12H2,2-3H3,(H,33,34)(H2,27,29,30,31)/t25-,26?/m1/s1. The Balaban J connectivity index is 1.54. The summed E-state index contributed by atoms with van der Waals surface area (Å²) in [5.41, 5.74) is 3.02. The summed E-state index contributed by atoms with van der Waals surface area (Å²) in [5.74, 6) is -0.903. The molecule has 0 saturated heterocycles. The van der Waals surface area contributed by atoms with Crippen molar-refractivity contribution in [3.8, 4) is 0 Å². The monoisotopic (exact) mass is 497 g/mol. The Morgan fingerprint density at radius 1 is 1.31 bits per heavy atom. The van der Waals surface area contributed by atoms with E-state index in [1.54, 1.807) is 19.2 Å². The molecule has 0 spiro atoms. The number of aromatic nitrogens is 4. The van der Waals surface area contributed by atoms with Gasteiger partial charge < -0.3 is 20.8 Å². The summed E-state index contributed by atoms with van der Waals surface area (Å²) in [7, 11) is 3.75. The maximum absolute atomic E-state index is 12.0. The normalized spacial score (nSPS) is 20.8. The first-order valence-electron chi connectivity index (χ1n) is 11.4. The highest BCUT2D eigenvalue weighted by Gasteiger charge is 2.51. The number of allylic oxidation sites excluding steroid dienone is 1. The van der Waals surface area contributed by atoms with Gasteiger partial charge in [0.2, 0.25) is 5.95 Å². The number of aryl methyl sites for hydroxylation is 1. The number of hydrogen-bond donors (Lipinski definition) is 4. The van der Waals surface area contributed by atoms with E-state index in [2.05, 4.69) is 42.5 Å². The van der Waals surface area contributed by atoms with E-state index in [4.69, 9.17) is 0 Å². The summed E-state index contributed by atoms with van der Waals surface area (Å²) in [6.07, 6.45) is 5.21. The van der Waals surface area contributed by atoms with Gasteiger partial charge in [0.1, 0.15) is 11.4 Å². The van der Waals surface area contributed by atoms with Crippen molar-refractivity contribution < 1.29 is 15.0 Å². The van der Waals surface area contributed by atoms with E-state index >= 15 is 0 Å². The second-order valence-electron chi connectivity index (χ2n) is 9.21. The molecule has 2 atom stereocenters. The molecule has 0 bridgehead atoms. The van der Waals surface area contributed by atoms with E-state index in [1.165, 1.54) is 6.20 Å². The number of aliphatic hydroxyl groups is 1. The maximum Gasteiger partial charge on any atom is 0.341 e. The number of aromatic carboxylic acids is 1. The van der Waals surface area contributed by atoms with E-state index in [1.807, 2.05) is 48.0 Å². The first-order valence-corrected chi connectivity index (χ1v) is 11.9. The molecule has 0 saturated carbocycles. The summed E-state index contributed by atoms with van der Waals surface area (Å²) in [6.45, 7) is 8.00. The molecule has 5 rings (SSSR count). The van der Waals surface area contributed by atoms with Gasteiger partial charge in [-0.05, 0) is 42.7 Å². The van der Waals surface area contributed by atoms with Crippen LogP contribution in [-0.4, -0.2) is 51.8 Å². The molecule has 36 heavy (non-hydrogen) atoms. The van der Waals surface area contributed by atoms with Crippen LogP contribution in [0.15, 0.2) is 61.4 Å². The lowest BCUT2D eigenvalue weighted by molar-refractivity contribution is 0.0350. The molecule has 1 unspecified atom stereocenters. The minimum absolute atomic E-state index is 0.0717. The zero-order chi connectivity index (χ0) is 25.7. The van der Waals surface area contributed by atoms with E-state index < -0.39 is 16.7 Å². The number of carbonyl (C=O) groups is 1. The van der Waals surface area contributed by atoms with Crippen LogP contribution in [0.1, 0.15) is 34.0 Å². The first kappa shape index (κ1) is 23.7. The number of fused-ring (bicyclic) bond motifs is 2. The lowest BCUT2D eigenvalue weighted by atomic mass is 9.96. The number of benzene rings is 2. The van der Waals surface area contributed by atoms with Crippen LogP contribution in [0.25, 0.3) is 10.9 Å². The molecule has 9 nitrogen and oxygen atoms in total. The van der Waals surface area contributed by atoms with Gasteiger partial charge in [0.25, 0.3) is 0 Å². The molecule has 2 heterocycles. The fraction of sp³-hybridized carbons (Fsp3) is 0.231. The lowest BCUT2D eigenvalue weighted by Crippen LogP contribution is -2.53. The molecule has 0 aliphatic heterocycles. The molecule has 181 valence electrons. The highest BCUT2D eigenvalue weighted by Crippen LogP contribution is 2.44. The number of carboxylic acid groups (broad SMARTS) is 1. The highest BCUT2D eigenvalue weighted by atomic mass is 28.1. The quantitative estimate of drug-likeness (QED) is 0.226. The second-order valence-corrected chi connectivity index (χ2v) is 9.96. The predicted octanol–water partition coefficient (Wildman–Crippen LogP) is 3.50. The maximum atomic E-state index is 12.0. The molecular weight excluding hydrogens is 472 g/mol. The summed E-state index contributed by atoms with van der Waals surface area (Å²) in [6, 6.07) is 11.6. The number of carboxylic acids is 1. The van der Waals surface area contributed by atoms with Crippen molar-refractivity contribution in [2.24, 2.45) is 0 Å². The molecule has 3 radical (unpaired) electrons. The molecule has 10 heteroatoms. The van der Waals surface area contributed by atoms with Crippen molar-refractivity contribution in [3.05, 3.63) is 83.7 Å². The number of rotatable bonds is 7. The molecular formula is C26H25N6O3Si. The molecule has 4 aromatic rings. The van der Waals surface area contributed by atoms with Crippen molar-refractivity contribution in [1.82, 2.24) is 19.7 Å². The Kier molecular flexibility index (Phi) is 5.65. The summed E-state index contributed by atoms with van der Waals surface area (Å²) < 4.78 is 1.84. The largest absolute Gasteiger partial charge is 0.477 e. The molecule has 2 aromatic carbocycles. The molecule has 1 aliphatic carbocycles. The van der Waals surface area contributed by atoms with Gasteiger partial charge in [-0.1, -0.05) is 30.3 Å². The zero-order valence-electron chi connectivity index (χ0n) is 19.9. The third-order valence-electron chi connectivity index (χ3n) is 6.63. The Morgan fingerprint density at radius 3 is 2.83 bits per heavy atom. The first-order chi connectivity index (χ1) is 17.1. The third-order valence-corrected chi connectivity index (χ3v) is 7.56. The van der Waals surface area contributed by atoms with Crippen molar-refractivity contribution in [1.29, 1.82) is 0 Å². The highest BCUT2D eigenvalue weighted by molar-refractivity contribution is 6.19. The molecule has 2 aromatic heterocycles. The van der Waals surface area contributed by atoms with E-state index in [9.17, 15) is 15.0 Å². The summed E-state index contributed by atoms with van der Waals surface area (Å²) in [5, 5.41) is 31.7. The van der Waals surface area contributed by atoms with Crippen LogP contribution in [0, 0.1) is 6.92 Å². The fourth-order valence-corrected chi connectivity index (χ4v) is 5.12. The summed E-state index contributed by atoms with van der Waals surface area (Å²) >= 11 is 0. The van der Waals surface area contributed by atoms with Crippen molar-refractivity contribution in [3.63, 3.8) is 0 Å². The topological polar surface area (TPSA) is 125 Å². The average molecular weight is 498 g/mol. The van der Waals surface area contributed by atoms with Crippen molar-refractivity contribution in [2.75, 3.05) is 10.6 Å². The Bertz CT molecular complexity index is 1520. The van der Waals surface area contributed by atoms with Gasteiger partial charge >= 0.3 is 5.97 Å². The van der Waals surface area contributed by atoms with Gasteiger partial charge in [0.05, 0.1) is 39.3 Å². The van der Waals surface area contributed by atoms with Crippen molar-refractivity contribution in [2.45, 2.75) is 37.6 Å². The SMILES string of the molecule is C=CCn1ncc2cc(C)c(Nc3ncc(C(=O)O)c(NC4([Si])c5ccccc5C[C@@]4(C)O)n3)cc21. The lowest BCUT2D eigenvalue weighted by Gasteiger charge is -2.39. The minimum atomic E-state index is -1.26. The third kappa shape index (κ3) is 3.84. The van der Waals surface area contributed by atoms with Crippen LogP contribution < -0.4 is 10.6 Å². The van der Waals surface area contributed by atoms with Crippen LogP contribution in [0.3, 0.4) is 0 Å². The smallest absolute Gasteiger partial charge is 0.341 e. The van der Waals surface area contributed by atoms with Gasteiger partial charge in [0.15, 0.2) is 0 Å². The molecule has 4 N–H and O–H groups in total. The van der Waals surface area contributed by atoms with Gasteiger partial charge in [-0.3, -0.25) is 4.68 Å². The molecule has 0 fully saturated rings. The summed E-state index contributed by atoms with van der Waals surface area (Å²) in [4.78, 5) is 20.8. The fourth-order valence-electron chi connectivity index (χ4n) is 4.67. The molecule has 1 aliphatic rings. The van der Waals surface area contributed by atoms with Crippen LogP contribution in [0.2, 0.25) is 0 Å². The van der Waals surface area contributed by atoms with E-state index in [0.717, 1.165) is 33.3 Å². The van der Waals surface area contributed by atoms with E-state index in [-0.39, 0.29) is 17.3 Å². The van der Waals surface area contributed by atoms with Crippen LogP contribution in [0.4, 0.5) is 17.5 Å². The number of hydrogen-bond acceptors (Lipinski definition) is 7. The van der Waals surface area contributed by atoms with Gasteiger partial charge in [-0.25, -0.2) is 9.78 Å². The van der Waals surface area contributed by atoms with Crippen LogP contribution in [0.5, 0.6) is 0 Å². The van der Waals surface area contributed by atoms with Gasteiger partial charge in [-0.15, -0.1) is 6.58 Å². The van der Waals surface area contributed by atoms with E-state index in [0.29, 0.717) is 13.0 Å². The van der Waals surface area contributed by atoms with Crippen LogP contribution >= 0.6 is 0 Å². The average Bonchev–Trinajstić information content (AvgIpc) is 3.29. The predicted molar refractivity (Wildman–Crippen MR) is 139 cm³/mol. The number of anilines is 3. The van der Waals surface area contributed by atoms with Gasteiger partial charge in [0, 0.05) is 23.7 Å². The van der Waals surface area contributed by atoms with Gasteiger partial charge in [-0.2, -0.15) is 10.1 Å². The Hall–Kier alpha value is -4.02. The van der Waals surface area contributed by atoms with Crippen molar-refractivity contribution >= 4 is 44.6 Å². The zero-order valence-corrected chi connectivity index (χ0v) is 20.9.